The van der Waals surface area contributed by atoms with Crippen LogP contribution in [0.4, 0.5) is 11.4 Å². The van der Waals surface area contributed by atoms with Crippen LogP contribution in [-0.2, 0) is 84.1 Å². The van der Waals surface area contributed by atoms with Crippen molar-refractivity contribution in [2.75, 3.05) is 90.8 Å². The fourth-order valence-corrected chi connectivity index (χ4v) is 9.98. The van der Waals surface area contributed by atoms with Crippen LogP contribution in [0.25, 0.3) is 0 Å². The molecule has 24 heteroatoms. The van der Waals surface area contributed by atoms with Crippen LogP contribution in [0.15, 0.2) is 82.3 Å². The molecule has 380 valence electrons. The Morgan fingerprint density at radius 3 is 1.97 bits per heavy atom. The van der Waals surface area contributed by atoms with Gasteiger partial charge >= 0.3 is 5.97 Å². The number of carbonyl (C=O) groups is 3. The van der Waals surface area contributed by atoms with Gasteiger partial charge in [0.25, 0.3) is 11.8 Å². The molecule has 0 N–H and O–H groups in total. The Balaban J connectivity index is 1.41. The first-order chi connectivity index (χ1) is 32.5. The second-order valence-electron chi connectivity index (χ2n) is 16.6. The number of fused-ring (bicyclic) bond motifs is 2. The number of hydrogen-bond acceptors (Lipinski definition) is 19. The molecule has 2 amide bonds. The number of allylic oxidation sites excluding steroid dienone is 6. The molecule has 0 bridgehead atoms. The van der Waals surface area contributed by atoms with E-state index < -0.39 is 74.5 Å². The lowest BCUT2D eigenvalue weighted by molar-refractivity contribution is -0.442. The molecule has 0 aromatic heterocycles. The van der Waals surface area contributed by atoms with Crippen LogP contribution < -0.4 is 4.90 Å². The zero-order chi connectivity index (χ0) is 50.6. The van der Waals surface area contributed by atoms with Gasteiger partial charge in [0.1, 0.15) is 26.8 Å². The Bertz CT molecular complexity index is 2670. The lowest BCUT2D eigenvalue weighted by Gasteiger charge is -2.30. The van der Waals surface area contributed by atoms with Gasteiger partial charge in [-0.3, -0.25) is 9.59 Å². The van der Waals surface area contributed by atoms with Gasteiger partial charge in [-0.25, -0.2) is 30.0 Å². The summed E-state index contributed by atoms with van der Waals surface area (Å²) >= 11 is 0. The molecule has 2 atom stereocenters. The van der Waals surface area contributed by atoms with Crippen molar-refractivity contribution in [2.24, 2.45) is 0 Å². The first kappa shape index (κ1) is 55.2. The molecule has 21 nitrogen and oxygen atoms in total. The molecule has 3 aliphatic rings. The summed E-state index contributed by atoms with van der Waals surface area (Å²) in [6.07, 6.45) is 8.94. The number of hydroxylamine groups is 2. The standard InChI is InChI=1S/C45H59N3O18S3/c1-44(18-8-30-67(52,53)54)35-31-33(68(55,56)57)11-13-37(35)46(20-24-64-27-26-62-4)39(44)9-6-5-7-10-40-45(2,19-23-61-3)36-32-34(69(58,59)60)12-14-38(36)47(40)21-25-65-29-28-63-22-17-43(51)66-48-41(49)15-16-42(48)50/h5-7,9-14,31-32H,8,15-30H2,1-4H3,(H2-,52,53,54,55,56,57,58,59,60)/p-2. The smallest absolute Gasteiger partial charge is 0.335 e. The van der Waals surface area contributed by atoms with Crippen molar-refractivity contribution >= 4 is 65.2 Å². The Morgan fingerprint density at radius 1 is 0.725 bits per heavy atom. The van der Waals surface area contributed by atoms with Crippen LogP contribution in [-0.4, -0.2) is 158 Å². The summed E-state index contributed by atoms with van der Waals surface area (Å²) in [4.78, 5) is 41.4. The Kier molecular flexibility index (Phi) is 19.1. The average molecular weight is 1020 g/mol. The third-order valence-corrected chi connectivity index (χ3v) is 14.4. The van der Waals surface area contributed by atoms with E-state index in [9.17, 15) is 53.3 Å². The number of rotatable bonds is 28. The first-order valence-electron chi connectivity index (χ1n) is 22.0. The van der Waals surface area contributed by atoms with E-state index in [1.54, 1.807) is 37.3 Å². The Labute approximate surface area is 402 Å². The number of carbonyl (C=O) groups excluding carboxylic acids is 3. The quantitative estimate of drug-likeness (QED) is 0.0389. The fourth-order valence-electron chi connectivity index (χ4n) is 8.49. The predicted molar refractivity (Wildman–Crippen MR) is 243 cm³/mol. The molecule has 5 rings (SSSR count). The van der Waals surface area contributed by atoms with Gasteiger partial charge in [-0.1, -0.05) is 18.2 Å². The number of nitrogens with zero attached hydrogens (tertiary/aromatic N) is 3. The molecule has 0 saturated carbocycles. The van der Waals surface area contributed by atoms with Crippen molar-refractivity contribution in [2.45, 2.75) is 73.0 Å². The minimum atomic E-state index is -4.88. The lowest BCUT2D eigenvalue weighted by atomic mass is 9.76. The van der Waals surface area contributed by atoms with Crippen LogP contribution in [0.1, 0.15) is 63.5 Å². The van der Waals surface area contributed by atoms with Gasteiger partial charge in [0.05, 0.1) is 71.4 Å². The maximum absolute atomic E-state index is 12.2. The highest BCUT2D eigenvalue weighted by atomic mass is 32.2. The SMILES string of the molecule is COCCOCC[N+]1=C(/C=C/C=C/C=C2/N(CCOCCOCCC(=O)ON3C(=O)CCC3=O)c3ccc(S(=O)(=O)[O-])cc3C2(C)CCOC)C(C)(CCCS(=O)(=O)[O-])c2cc(S(=O)(=O)[O-])ccc21. The number of hydrogen-bond donors (Lipinski definition) is 0. The van der Waals surface area contributed by atoms with Gasteiger partial charge in [-0.05, 0) is 75.1 Å². The van der Waals surface area contributed by atoms with E-state index in [4.69, 9.17) is 28.5 Å². The summed E-state index contributed by atoms with van der Waals surface area (Å²) in [6.45, 7) is 5.62. The molecule has 1 fully saturated rings. The van der Waals surface area contributed by atoms with Gasteiger partial charge in [-0.2, -0.15) is 4.58 Å². The van der Waals surface area contributed by atoms with Crippen molar-refractivity contribution in [3.8, 4) is 0 Å². The molecule has 2 aromatic carbocycles. The van der Waals surface area contributed by atoms with E-state index in [1.807, 2.05) is 22.5 Å². The van der Waals surface area contributed by atoms with Crippen LogP contribution in [0.3, 0.4) is 0 Å². The highest BCUT2D eigenvalue weighted by Crippen LogP contribution is 2.51. The number of imide groups is 1. The van der Waals surface area contributed by atoms with E-state index in [-0.39, 0.29) is 84.8 Å². The third kappa shape index (κ3) is 14.2. The average Bonchev–Trinajstić information content (AvgIpc) is 3.81. The Hall–Kier alpha value is -4.73. The van der Waals surface area contributed by atoms with Crippen LogP contribution in [0, 0.1) is 0 Å². The van der Waals surface area contributed by atoms with Gasteiger partial charge < -0.3 is 47.1 Å². The summed E-state index contributed by atoms with van der Waals surface area (Å²) in [6, 6.07) is 8.16. The highest BCUT2D eigenvalue weighted by molar-refractivity contribution is 7.86. The van der Waals surface area contributed by atoms with Gasteiger partial charge in [0.15, 0.2) is 12.3 Å². The Morgan fingerprint density at radius 2 is 1.33 bits per heavy atom. The summed E-state index contributed by atoms with van der Waals surface area (Å²) in [5.41, 5.74) is 1.55. The molecule has 3 aliphatic heterocycles. The van der Waals surface area contributed by atoms with E-state index in [1.165, 1.54) is 44.6 Å². The molecule has 0 radical (unpaired) electrons. The van der Waals surface area contributed by atoms with Crippen LogP contribution in [0.2, 0.25) is 0 Å². The summed E-state index contributed by atoms with van der Waals surface area (Å²) < 4.78 is 138. The molecule has 2 aromatic rings. The van der Waals surface area contributed by atoms with Crippen molar-refractivity contribution in [1.82, 2.24) is 5.06 Å². The fraction of sp³-hybridized carbons (Fsp3) is 0.511. The van der Waals surface area contributed by atoms with E-state index in [2.05, 4.69) is 0 Å². The van der Waals surface area contributed by atoms with Gasteiger partial charge in [0, 0.05) is 80.5 Å². The molecule has 0 aliphatic carbocycles. The van der Waals surface area contributed by atoms with E-state index >= 15 is 0 Å². The highest BCUT2D eigenvalue weighted by Gasteiger charge is 2.48. The molecular formula is C45H57N3O18S3-2. The second-order valence-corrected chi connectivity index (χ2v) is 20.9. The van der Waals surface area contributed by atoms with E-state index in [0.29, 0.717) is 58.6 Å². The topological polar surface area (TPSA) is 288 Å². The first-order valence-corrected chi connectivity index (χ1v) is 26.3. The molecule has 2 unspecified atom stereocenters. The number of anilines is 1. The van der Waals surface area contributed by atoms with E-state index in [0.717, 1.165) is 0 Å². The third-order valence-electron chi connectivity index (χ3n) is 12.0. The summed E-state index contributed by atoms with van der Waals surface area (Å²) in [5, 5.41) is 0.464. The van der Waals surface area contributed by atoms with Crippen molar-refractivity contribution in [3.63, 3.8) is 0 Å². The second kappa shape index (κ2) is 23.9. The number of benzene rings is 2. The largest absolute Gasteiger partial charge is 0.748 e. The minimum absolute atomic E-state index is 0.0236. The van der Waals surface area contributed by atoms with Crippen LogP contribution >= 0.6 is 0 Å². The van der Waals surface area contributed by atoms with Crippen LogP contribution in [0.5, 0.6) is 0 Å². The molecule has 1 saturated heterocycles. The maximum Gasteiger partial charge on any atom is 0.335 e. The maximum atomic E-state index is 12.2. The lowest BCUT2D eigenvalue weighted by Crippen LogP contribution is -2.32. The minimum Gasteiger partial charge on any atom is -0.748 e. The van der Waals surface area contributed by atoms with Crippen molar-refractivity contribution < 1.29 is 86.4 Å². The number of ether oxygens (including phenoxy) is 5. The zero-order valence-electron chi connectivity index (χ0n) is 38.8. The summed E-state index contributed by atoms with van der Waals surface area (Å²) in [7, 11) is -11.3. The predicted octanol–water partition coefficient (Wildman–Crippen LogP) is 2.68. The molecular weight excluding hydrogens is 967 g/mol. The number of amides is 2. The van der Waals surface area contributed by atoms with Gasteiger partial charge in [0.2, 0.25) is 5.69 Å². The summed E-state index contributed by atoms with van der Waals surface area (Å²) in [5.74, 6) is -2.65. The van der Waals surface area contributed by atoms with Crippen molar-refractivity contribution in [1.29, 1.82) is 0 Å². The number of methoxy groups -OCH3 is 2. The molecule has 3 heterocycles. The zero-order valence-corrected chi connectivity index (χ0v) is 41.2. The molecule has 0 spiro atoms. The molecule has 69 heavy (non-hydrogen) atoms. The van der Waals surface area contributed by atoms with Gasteiger partial charge in [-0.15, -0.1) is 5.06 Å². The monoisotopic (exact) mass is 1020 g/mol. The normalized spacial score (nSPS) is 20.4. The van der Waals surface area contributed by atoms with Crippen molar-refractivity contribution in [3.05, 3.63) is 83.6 Å².